The molecule has 0 bridgehead atoms. The summed E-state index contributed by atoms with van der Waals surface area (Å²) in [6.45, 7) is 3.56. The van der Waals surface area contributed by atoms with Gasteiger partial charge < -0.3 is 20.0 Å². The number of nitrogens with one attached hydrogen (secondary N) is 2. The van der Waals surface area contributed by atoms with E-state index in [2.05, 4.69) is 25.4 Å². The fourth-order valence-electron chi connectivity index (χ4n) is 3.83. The summed E-state index contributed by atoms with van der Waals surface area (Å²) in [7, 11) is 5.81. The first-order valence-corrected chi connectivity index (χ1v) is 10.2. The Kier molecular flexibility index (Phi) is 10.1. The highest BCUT2D eigenvalue weighted by atomic mass is 127. The molecule has 2 heterocycles. The lowest BCUT2D eigenvalue weighted by molar-refractivity contribution is 0.215. The van der Waals surface area contributed by atoms with E-state index >= 15 is 0 Å². The molecule has 1 aromatic heterocycles. The molecule has 2 N–H and O–H groups in total. The molecule has 1 aromatic carbocycles. The highest BCUT2D eigenvalue weighted by molar-refractivity contribution is 14.0. The van der Waals surface area contributed by atoms with E-state index in [9.17, 15) is 4.39 Å². The molecule has 1 fully saturated rings. The average Bonchev–Trinajstić information content (AvgIpc) is 3.42. The number of hydrogen-bond donors (Lipinski definition) is 2. The number of hydrogen-bond acceptors (Lipinski definition) is 4. The van der Waals surface area contributed by atoms with Crippen LogP contribution in [0.1, 0.15) is 36.2 Å². The summed E-state index contributed by atoms with van der Waals surface area (Å²) in [6, 6.07) is 10.9. The highest BCUT2D eigenvalue weighted by Crippen LogP contribution is 2.25. The second kappa shape index (κ2) is 12.3. The summed E-state index contributed by atoms with van der Waals surface area (Å²) in [5.74, 6) is 1.50. The van der Waals surface area contributed by atoms with Crippen molar-refractivity contribution in [3.63, 3.8) is 0 Å². The molecule has 0 amide bonds. The Morgan fingerprint density at radius 1 is 1.13 bits per heavy atom. The minimum absolute atomic E-state index is 0. The third-order valence-corrected chi connectivity index (χ3v) is 5.48. The summed E-state index contributed by atoms with van der Waals surface area (Å²) in [5.41, 5.74) is 1.06. The summed E-state index contributed by atoms with van der Waals surface area (Å²) in [6.07, 6.45) is 4.19. The topological polar surface area (TPSA) is 56.0 Å². The molecule has 0 saturated carbocycles. The van der Waals surface area contributed by atoms with Crippen LogP contribution in [0.15, 0.2) is 52.1 Å². The van der Waals surface area contributed by atoms with Crippen molar-refractivity contribution >= 4 is 29.9 Å². The van der Waals surface area contributed by atoms with Crippen LogP contribution in [0.3, 0.4) is 0 Å². The van der Waals surface area contributed by atoms with Crippen LogP contribution in [-0.4, -0.2) is 63.1 Å². The van der Waals surface area contributed by atoms with Crippen LogP contribution in [0.4, 0.5) is 4.39 Å². The molecule has 2 atom stereocenters. The summed E-state index contributed by atoms with van der Waals surface area (Å²) in [5, 5.41) is 6.86. The molecule has 1 aliphatic rings. The second-order valence-corrected chi connectivity index (χ2v) is 7.64. The van der Waals surface area contributed by atoms with Gasteiger partial charge in [0.1, 0.15) is 11.6 Å². The van der Waals surface area contributed by atoms with Crippen LogP contribution in [0.25, 0.3) is 0 Å². The van der Waals surface area contributed by atoms with Gasteiger partial charge in [0.15, 0.2) is 5.96 Å². The van der Waals surface area contributed by atoms with Crippen LogP contribution in [0, 0.1) is 5.82 Å². The van der Waals surface area contributed by atoms with Crippen molar-refractivity contribution in [1.29, 1.82) is 0 Å². The van der Waals surface area contributed by atoms with Gasteiger partial charge in [-0.2, -0.15) is 0 Å². The van der Waals surface area contributed by atoms with Gasteiger partial charge in [-0.15, -0.1) is 24.0 Å². The van der Waals surface area contributed by atoms with Crippen molar-refractivity contribution in [2.24, 2.45) is 4.99 Å². The van der Waals surface area contributed by atoms with E-state index in [0.717, 1.165) is 36.9 Å². The van der Waals surface area contributed by atoms with Crippen LogP contribution < -0.4 is 10.6 Å². The first kappa shape index (κ1) is 24.6. The number of likely N-dealkylation sites (tertiary alicyclic amines) is 1. The van der Waals surface area contributed by atoms with Gasteiger partial charge in [-0.1, -0.05) is 12.1 Å². The van der Waals surface area contributed by atoms with Gasteiger partial charge in [-0.05, 0) is 69.9 Å². The lowest BCUT2D eigenvalue weighted by atomic mass is 10.1. The minimum Gasteiger partial charge on any atom is -0.468 e. The molecule has 0 radical (unpaired) electrons. The van der Waals surface area contributed by atoms with Gasteiger partial charge >= 0.3 is 0 Å². The van der Waals surface area contributed by atoms with Crippen molar-refractivity contribution in [2.45, 2.75) is 24.9 Å². The number of benzene rings is 1. The lowest BCUT2D eigenvalue weighted by Crippen LogP contribution is -2.45. The molecule has 3 rings (SSSR count). The van der Waals surface area contributed by atoms with E-state index in [4.69, 9.17) is 4.42 Å². The largest absolute Gasteiger partial charge is 0.468 e. The van der Waals surface area contributed by atoms with Gasteiger partial charge in [-0.3, -0.25) is 9.89 Å². The first-order chi connectivity index (χ1) is 14.1. The molecule has 30 heavy (non-hydrogen) atoms. The summed E-state index contributed by atoms with van der Waals surface area (Å²) in [4.78, 5) is 8.95. The Hall–Kier alpha value is -1.65. The number of furan rings is 1. The third kappa shape index (κ3) is 6.68. The lowest BCUT2D eigenvalue weighted by Gasteiger charge is -2.28. The normalized spacial score (nSPS) is 16.9. The number of aliphatic imine (C=N–C) groups is 1. The van der Waals surface area contributed by atoms with Gasteiger partial charge in [0.2, 0.25) is 0 Å². The van der Waals surface area contributed by atoms with E-state index in [0.29, 0.717) is 6.54 Å². The average molecular weight is 529 g/mol. The fourth-order valence-corrected chi connectivity index (χ4v) is 3.83. The highest BCUT2D eigenvalue weighted by Gasteiger charge is 2.25. The molecule has 2 aromatic rings. The van der Waals surface area contributed by atoms with Crippen LogP contribution in [0.2, 0.25) is 0 Å². The van der Waals surface area contributed by atoms with Crippen molar-refractivity contribution < 1.29 is 8.81 Å². The molecule has 1 saturated heterocycles. The van der Waals surface area contributed by atoms with Gasteiger partial charge in [0.05, 0.1) is 18.3 Å². The minimum atomic E-state index is -0.220. The number of nitrogens with zero attached hydrogens (tertiary/aromatic N) is 3. The standard InChI is InChI=1S/C22H32FN5O.HI/c1-24-22(25-15-19(27(2)3)17-8-10-18(23)11-9-17)26-16-20(21-7-6-14-29-21)28-12-4-5-13-28;/h6-11,14,19-20H,4-5,12-13,15-16H2,1-3H3,(H2,24,25,26);1H. The molecule has 1 aliphatic heterocycles. The van der Waals surface area contributed by atoms with Crippen molar-refractivity contribution in [3.8, 4) is 0 Å². The first-order valence-electron chi connectivity index (χ1n) is 10.2. The molecule has 8 heteroatoms. The molecule has 2 unspecified atom stereocenters. The van der Waals surface area contributed by atoms with E-state index in [-0.39, 0.29) is 41.9 Å². The Bertz CT molecular complexity index is 760. The number of rotatable bonds is 8. The van der Waals surface area contributed by atoms with Gasteiger partial charge in [0, 0.05) is 20.1 Å². The monoisotopic (exact) mass is 529 g/mol. The SMILES string of the molecule is CN=C(NCC(c1ccc(F)cc1)N(C)C)NCC(c1ccco1)N1CCCC1.I. The van der Waals surface area contributed by atoms with E-state index in [1.54, 1.807) is 13.3 Å². The Morgan fingerprint density at radius 2 is 1.80 bits per heavy atom. The zero-order chi connectivity index (χ0) is 20.6. The number of halogens is 2. The second-order valence-electron chi connectivity index (χ2n) is 7.64. The number of likely N-dealkylation sites (N-methyl/N-ethyl adjacent to an activating group) is 1. The maximum absolute atomic E-state index is 13.3. The molecular weight excluding hydrogens is 496 g/mol. The maximum Gasteiger partial charge on any atom is 0.191 e. The molecular formula is C22H33FIN5O. The molecule has 6 nitrogen and oxygen atoms in total. The van der Waals surface area contributed by atoms with Crippen molar-refractivity contribution in [1.82, 2.24) is 20.4 Å². The Balaban J connectivity index is 0.00000320. The Labute approximate surface area is 195 Å². The van der Waals surface area contributed by atoms with E-state index < -0.39 is 0 Å². The predicted molar refractivity (Wildman–Crippen MR) is 130 cm³/mol. The zero-order valence-corrected chi connectivity index (χ0v) is 20.3. The van der Waals surface area contributed by atoms with Gasteiger partial charge in [0.25, 0.3) is 0 Å². The smallest absolute Gasteiger partial charge is 0.191 e. The molecule has 166 valence electrons. The quantitative estimate of drug-likeness (QED) is 0.311. The summed E-state index contributed by atoms with van der Waals surface area (Å²) < 4.78 is 19.0. The number of guanidine groups is 1. The van der Waals surface area contributed by atoms with E-state index in [1.165, 1.54) is 25.0 Å². The van der Waals surface area contributed by atoms with Gasteiger partial charge in [-0.25, -0.2) is 4.39 Å². The summed E-state index contributed by atoms with van der Waals surface area (Å²) >= 11 is 0. The molecule has 0 spiro atoms. The fraction of sp³-hybridized carbons (Fsp3) is 0.500. The maximum atomic E-state index is 13.3. The van der Waals surface area contributed by atoms with Crippen LogP contribution in [-0.2, 0) is 0 Å². The van der Waals surface area contributed by atoms with E-state index in [1.807, 2.05) is 38.4 Å². The third-order valence-electron chi connectivity index (χ3n) is 5.48. The van der Waals surface area contributed by atoms with Crippen LogP contribution in [0.5, 0.6) is 0 Å². The zero-order valence-electron chi connectivity index (χ0n) is 18.0. The molecule has 0 aliphatic carbocycles. The van der Waals surface area contributed by atoms with Crippen LogP contribution >= 0.6 is 24.0 Å². The predicted octanol–water partition coefficient (Wildman–Crippen LogP) is 3.64. The van der Waals surface area contributed by atoms with Crippen molar-refractivity contribution in [3.05, 3.63) is 59.8 Å². The van der Waals surface area contributed by atoms with Crippen molar-refractivity contribution in [2.75, 3.05) is 47.3 Å². The Morgan fingerprint density at radius 3 is 2.37 bits per heavy atom.